The molecule has 1 heterocycles. The van der Waals surface area contributed by atoms with Gasteiger partial charge in [-0.15, -0.1) is 0 Å². The highest BCUT2D eigenvalue weighted by Gasteiger charge is 2.07. The molecule has 16 heavy (non-hydrogen) atoms. The first kappa shape index (κ1) is 10.8. The van der Waals surface area contributed by atoms with Gasteiger partial charge in [0.25, 0.3) is 0 Å². The van der Waals surface area contributed by atoms with Gasteiger partial charge in [-0.05, 0) is 31.5 Å². The Morgan fingerprint density at radius 1 is 1.38 bits per heavy atom. The van der Waals surface area contributed by atoms with E-state index in [-0.39, 0.29) is 0 Å². The van der Waals surface area contributed by atoms with Gasteiger partial charge < -0.3 is 16.0 Å². The Bertz CT molecular complexity index is 519. The van der Waals surface area contributed by atoms with Gasteiger partial charge in [0, 0.05) is 10.7 Å². The molecular weight excluding hydrogens is 224 g/mol. The Kier molecular flexibility index (Phi) is 2.75. The minimum Gasteiger partial charge on any atom is -0.382 e. The molecular formula is C11H13ClN4. The van der Waals surface area contributed by atoms with Gasteiger partial charge in [0.05, 0.1) is 0 Å². The van der Waals surface area contributed by atoms with E-state index in [2.05, 4.69) is 15.3 Å². The standard InChI is InChI=1S/C11H13ClN4/c1-6-8(12)4-3-5-9(6)16-11-10(13)14-7(2)15-11/h3-5,16H,13H2,1-2H3,(H,14,15). The summed E-state index contributed by atoms with van der Waals surface area (Å²) < 4.78 is 0. The Morgan fingerprint density at radius 2 is 2.12 bits per heavy atom. The van der Waals surface area contributed by atoms with Crippen LogP contribution < -0.4 is 11.1 Å². The lowest BCUT2D eigenvalue weighted by atomic mass is 10.2. The van der Waals surface area contributed by atoms with Crippen molar-refractivity contribution >= 4 is 28.9 Å². The largest absolute Gasteiger partial charge is 0.382 e. The highest BCUT2D eigenvalue weighted by Crippen LogP contribution is 2.27. The minimum absolute atomic E-state index is 0.525. The number of hydrogen-bond acceptors (Lipinski definition) is 3. The molecule has 5 heteroatoms. The number of benzene rings is 1. The molecule has 0 saturated heterocycles. The molecule has 4 N–H and O–H groups in total. The molecule has 1 aromatic carbocycles. The van der Waals surface area contributed by atoms with Crippen molar-refractivity contribution < 1.29 is 0 Å². The Balaban J connectivity index is 2.34. The summed E-state index contributed by atoms with van der Waals surface area (Å²) in [5.41, 5.74) is 7.65. The number of H-pyrrole nitrogens is 1. The molecule has 0 atom stereocenters. The van der Waals surface area contributed by atoms with Crippen molar-refractivity contribution in [1.29, 1.82) is 0 Å². The fourth-order valence-corrected chi connectivity index (χ4v) is 1.65. The van der Waals surface area contributed by atoms with Crippen molar-refractivity contribution in [2.24, 2.45) is 0 Å². The molecule has 0 spiro atoms. The normalized spacial score (nSPS) is 10.4. The van der Waals surface area contributed by atoms with E-state index in [0.29, 0.717) is 11.6 Å². The SMILES string of the molecule is Cc1nc(Nc2cccc(Cl)c2C)c(N)[nH]1. The molecule has 0 aliphatic carbocycles. The zero-order valence-corrected chi connectivity index (χ0v) is 9.89. The predicted octanol–water partition coefficient (Wildman–Crippen LogP) is 3.01. The molecule has 84 valence electrons. The second-order valence-corrected chi connectivity index (χ2v) is 4.03. The van der Waals surface area contributed by atoms with E-state index in [0.717, 1.165) is 22.1 Å². The van der Waals surface area contributed by atoms with Crippen molar-refractivity contribution in [2.75, 3.05) is 11.1 Å². The fraction of sp³-hybridized carbons (Fsp3) is 0.182. The third-order valence-electron chi connectivity index (χ3n) is 2.37. The first-order chi connectivity index (χ1) is 7.58. The third-order valence-corrected chi connectivity index (χ3v) is 2.78. The number of rotatable bonds is 2. The average Bonchev–Trinajstić information content (AvgIpc) is 2.53. The predicted molar refractivity (Wildman–Crippen MR) is 67.2 cm³/mol. The number of anilines is 3. The van der Waals surface area contributed by atoms with Crippen LogP contribution in [0.5, 0.6) is 0 Å². The molecule has 1 aromatic heterocycles. The van der Waals surface area contributed by atoms with Crippen LogP contribution in [0.3, 0.4) is 0 Å². The van der Waals surface area contributed by atoms with Crippen molar-refractivity contribution in [3.05, 3.63) is 34.6 Å². The molecule has 2 rings (SSSR count). The molecule has 0 saturated carbocycles. The average molecular weight is 237 g/mol. The number of hydrogen-bond donors (Lipinski definition) is 3. The number of imidazole rings is 1. The van der Waals surface area contributed by atoms with Gasteiger partial charge >= 0.3 is 0 Å². The molecule has 4 nitrogen and oxygen atoms in total. The van der Waals surface area contributed by atoms with Gasteiger partial charge in [0.1, 0.15) is 11.6 Å². The van der Waals surface area contributed by atoms with Crippen LogP contribution in [0.15, 0.2) is 18.2 Å². The first-order valence-corrected chi connectivity index (χ1v) is 5.30. The van der Waals surface area contributed by atoms with Crippen molar-refractivity contribution in [3.63, 3.8) is 0 Å². The summed E-state index contributed by atoms with van der Waals surface area (Å²) in [4.78, 5) is 7.17. The van der Waals surface area contributed by atoms with Crippen LogP contribution >= 0.6 is 11.6 Å². The molecule has 0 radical (unpaired) electrons. The summed E-state index contributed by atoms with van der Waals surface area (Å²) in [6, 6.07) is 5.67. The lowest BCUT2D eigenvalue weighted by Crippen LogP contribution is -1.97. The van der Waals surface area contributed by atoms with Crippen LogP contribution in [0.4, 0.5) is 17.3 Å². The van der Waals surface area contributed by atoms with Crippen LogP contribution in [0.2, 0.25) is 5.02 Å². The number of nitrogen functional groups attached to an aromatic ring is 1. The number of aryl methyl sites for hydroxylation is 1. The second kappa shape index (κ2) is 4.06. The first-order valence-electron chi connectivity index (χ1n) is 4.92. The van der Waals surface area contributed by atoms with E-state index in [4.69, 9.17) is 17.3 Å². The van der Waals surface area contributed by atoms with Crippen LogP contribution in [-0.4, -0.2) is 9.97 Å². The molecule has 0 unspecified atom stereocenters. The maximum absolute atomic E-state index is 6.03. The maximum atomic E-state index is 6.03. The van der Waals surface area contributed by atoms with E-state index < -0.39 is 0 Å². The zero-order valence-electron chi connectivity index (χ0n) is 9.13. The van der Waals surface area contributed by atoms with E-state index in [1.54, 1.807) is 0 Å². The van der Waals surface area contributed by atoms with Crippen molar-refractivity contribution in [3.8, 4) is 0 Å². The summed E-state index contributed by atoms with van der Waals surface area (Å²) >= 11 is 6.03. The van der Waals surface area contributed by atoms with Crippen molar-refractivity contribution in [2.45, 2.75) is 13.8 Å². The van der Waals surface area contributed by atoms with Gasteiger partial charge in [-0.3, -0.25) is 0 Å². The maximum Gasteiger partial charge on any atom is 0.173 e. The second-order valence-electron chi connectivity index (χ2n) is 3.62. The molecule has 0 amide bonds. The lowest BCUT2D eigenvalue weighted by Gasteiger charge is -2.08. The van der Waals surface area contributed by atoms with E-state index in [1.165, 1.54) is 0 Å². The number of aromatic amines is 1. The summed E-state index contributed by atoms with van der Waals surface area (Å²) in [5, 5.41) is 3.87. The number of nitrogens with one attached hydrogen (secondary N) is 2. The van der Waals surface area contributed by atoms with Gasteiger partial charge in [-0.2, -0.15) is 0 Å². The van der Waals surface area contributed by atoms with Crippen LogP contribution in [0, 0.1) is 13.8 Å². The van der Waals surface area contributed by atoms with Crippen LogP contribution in [0.1, 0.15) is 11.4 Å². The molecule has 0 aliphatic heterocycles. The number of aromatic nitrogens is 2. The highest BCUT2D eigenvalue weighted by atomic mass is 35.5. The van der Waals surface area contributed by atoms with Gasteiger partial charge in [-0.1, -0.05) is 17.7 Å². The molecule has 0 bridgehead atoms. The third kappa shape index (κ3) is 1.97. The minimum atomic E-state index is 0.525. The summed E-state index contributed by atoms with van der Waals surface area (Å²) in [6.45, 7) is 3.80. The summed E-state index contributed by atoms with van der Waals surface area (Å²) in [7, 11) is 0. The monoisotopic (exact) mass is 236 g/mol. The van der Waals surface area contributed by atoms with E-state index in [9.17, 15) is 0 Å². The number of nitrogens with zero attached hydrogens (tertiary/aromatic N) is 1. The quantitative estimate of drug-likeness (QED) is 0.751. The smallest absolute Gasteiger partial charge is 0.173 e. The van der Waals surface area contributed by atoms with E-state index in [1.807, 2.05) is 32.0 Å². The van der Waals surface area contributed by atoms with Gasteiger partial charge in [-0.25, -0.2) is 4.98 Å². The van der Waals surface area contributed by atoms with E-state index >= 15 is 0 Å². The lowest BCUT2D eigenvalue weighted by molar-refractivity contribution is 1.15. The van der Waals surface area contributed by atoms with Crippen LogP contribution in [0.25, 0.3) is 0 Å². The van der Waals surface area contributed by atoms with Crippen LogP contribution in [-0.2, 0) is 0 Å². The van der Waals surface area contributed by atoms with Gasteiger partial charge in [0.2, 0.25) is 0 Å². The topological polar surface area (TPSA) is 66.7 Å². The number of halogens is 1. The van der Waals surface area contributed by atoms with Crippen molar-refractivity contribution in [1.82, 2.24) is 9.97 Å². The summed E-state index contributed by atoms with van der Waals surface area (Å²) in [6.07, 6.45) is 0. The highest BCUT2D eigenvalue weighted by molar-refractivity contribution is 6.31. The zero-order chi connectivity index (χ0) is 11.7. The summed E-state index contributed by atoms with van der Waals surface area (Å²) in [5.74, 6) is 1.93. The Labute approximate surface area is 98.8 Å². The number of nitrogens with two attached hydrogens (primary N) is 1. The van der Waals surface area contributed by atoms with Gasteiger partial charge in [0.15, 0.2) is 5.82 Å². The fourth-order valence-electron chi connectivity index (χ4n) is 1.48. The Hall–Kier alpha value is -1.68. The molecule has 0 fully saturated rings. The Morgan fingerprint density at radius 3 is 2.75 bits per heavy atom. The molecule has 2 aromatic rings. The molecule has 0 aliphatic rings.